The first-order chi connectivity index (χ1) is 21.1. The lowest BCUT2D eigenvalue weighted by Gasteiger charge is -2.39. The predicted octanol–water partition coefficient (Wildman–Crippen LogP) is -2.19. The number of rotatable bonds is 11. The van der Waals surface area contributed by atoms with Crippen molar-refractivity contribution < 1.29 is 74.1 Å². The fourth-order valence-corrected chi connectivity index (χ4v) is 4.51. The molecule has 0 amide bonds. The van der Waals surface area contributed by atoms with Crippen molar-refractivity contribution in [3.05, 3.63) is 59.7 Å². The maximum Gasteiger partial charge on any atom is 0.331 e. The quantitative estimate of drug-likeness (QED) is 0.0980. The minimum Gasteiger partial charge on any atom is -0.493 e. The van der Waals surface area contributed by atoms with Gasteiger partial charge in [-0.05, 0) is 41.5 Å². The number of methoxy groups -OCH3 is 1. The molecule has 0 unspecified atom stereocenters. The number of ether oxygens (including phenoxy) is 6. The van der Waals surface area contributed by atoms with Crippen LogP contribution >= 0.6 is 0 Å². The largest absolute Gasteiger partial charge is 0.493 e. The summed E-state index contributed by atoms with van der Waals surface area (Å²) >= 11 is 0. The second kappa shape index (κ2) is 15.1. The van der Waals surface area contributed by atoms with E-state index >= 15 is 0 Å². The summed E-state index contributed by atoms with van der Waals surface area (Å²) in [5.41, 5.74) is 1.15. The maximum absolute atomic E-state index is 12.3. The van der Waals surface area contributed by atoms with Gasteiger partial charge in [-0.1, -0.05) is 18.2 Å². The van der Waals surface area contributed by atoms with Gasteiger partial charge in [0, 0.05) is 6.08 Å². The number of carbonyl (C=O) groups is 1. The van der Waals surface area contributed by atoms with E-state index in [1.165, 1.54) is 43.5 Å². The molecule has 2 fully saturated rings. The third-order valence-electron chi connectivity index (χ3n) is 7.10. The summed E-state index contributed by atoms with van der Waals surface area (Å²) in [5.74, 6) is -0.0384. The molecule has 0 aromatic heterocycles. The number of benzene rings is 2. The SMILES string of the molecule is COc1cc(/C=C/C(=O)OCc2ccc(O[C@H]3O[C@@H](CO)[C@H](O)[C@@H](O)[C@@H]3O)cc2)ccc1O[C@H]1O[C@@H](CO)[C@H](O)[C@@H](O)[C@@H]1O. The highest BCUT2D eigenvalue weighted by Crippen LogP contribution is 2.32. The smallest absolute Gasteiger partial charge is 0.331 e. The van der Waals surface area contributed by atoms with Crippen LogP contribution < -0.4 is 14.2 Å². The Kier molecular flexibility index (Phi) is 11.5. The molecule has 2 aliphatic rings. The van der Waals surface area contributed by atoms with E-state index in [1.807, 2.05) is 0 Å². The summed E-state index contributed by atoms with van der Waals surface area (Å²) < 4.78 is 32.4. The fraction of sp³-hybridized carbons (Fsp3) is 0.483. The third-order valence-corrected chi connectivity index (χ3v) is 7.10. The van der Waals surface area contributed by atoms with Crippen LogP contribution in [0.4, 0.5) is 0 Å². The molecule has 15 heteroatoms. The minimum absolute atomic E-state index is 0.0707. The topological polar surface area (TPSA) is 234 Å². The van der Waals surface area contributed by atoms with E-state index in [0.29, 0.717) is 11.1 Å². The van der Waals surface area contributed by atoms with Gasteiger partial charge in [0.05, 0.1) is 20.3 Å². The van der Waals surface area contributed by atoms with Crippen LogP contribution in [0.1, 0.15) is 11.1 Å². The van der Waals surface area contributed by atoms with Crippen molar-refractivity contribution in [2.24, 2.45) is 0 Å². The van der Waals surface area contributed by atoms with Crippen molar-refractivity contribution in [2.45, 2.75) is 68.0 Å². The Morgan fingerprint density at radius 2 is 1.32 bits per heavy atom. The van der Waals surface area contributed by atoms with Crippen LogP contribution in [0.3, 0.4) is 0 Å². The standard InChI is InChI=1S/C29H36O15/c1-39-18-10-14(4-8-17(18)42-29-27(38)25(36)23(34)20(12-31)44-29)5-9-21(32)40-13-15-2-6-16(7-3-15)41-28-26(37)24(35)22(33)19(11-30)43-28/h2-10,19-20,22-31,33-38H,11-13H2,1H3/b9-5+/t19-,20-,22-,23-,24+,25+,26-,27-,28-,29-/m0/s1. The summed E-state index contributed by atoms with van der Waals surface area (Å²) in [5, 5.41) is 78.7. The van der Waals surface area contributed by atoms with Crippen LogP contribution in [0, 0.1) is 0 Å². The van der Waals surface area contributed by atoms with E-state index in [4.69, 9.17) is 28.4 Å². The molecular formula is C29H36O15. The van der Waals surface area contributed by atoms with Crippen LogP contribution in [-0.4, -0.2) is 129 Å². The second-order valence-corrected chi connectivity index (χ2v) is 10.1. The molecule has 10 atom stereocenters. The molecule has 2 aliphatic heterocycles. The summed E-state index contributed by atoms with van der Waals surface area (Å²) in [6, 6.07) is 10.9. The first-order valence-electron chi connectivity index (χ1n) is 13.6. The van der Waals surface area contributed by atoms with Gasteiger partial charge in [-0.2, -0.15) is 0 Å². The van der Waals surface area contributed by atoms with Gasteiger partial charge in [-0.25, -0.2) is 4.79 Å². The van der Waals surface area contributed by atoms with Gasteiger partial charge in [0.2, 0.25) is 12.6 Å². The Morgan fingerprint density at radius 3 is 1.86 bits per heavy atom. The molecule has 2 aromatic rings. The lowest BCUT2D eigenvalue weighted by atomic mass is 9.99. The number of hydrogen-bond donors (Lipinski definition) is 8. The zero-order chi connectivity index (χ0) is 32.0. The van der Waals surface area contributed by atoms with Crippen LogP contribution in [0.5, 0.6) is 17.2 Å². The Hall–Kier alpha value is -3.35. The molecule has 242 valence electrons. The van der Waals surface area contributed by atoms with Gasteiger partial charge in [-0.3, -0.25) is 0 Å². The predicted molar refractivity (Wildman–Crippen MR) is 147 cm³/mol. The highest BCUT2D eigenvalue weighted by molar-refractivity contribution is 5.87. The van der Waals surface area contributed by atoms with Gasteiger partial charge in [-0.15, -0.1) is 0 Å². The molecule has 2 saturated heterocycles. The first kappa shape index (κ1) is 33.5. The zero-order valence-corrected chi connectivity index (χ0v) is 23.5. The van der Waals surface area contributed by atoms with Crippen molar-refractivity contribution in [1.82, 2.24) is 0 Å². The Bertz CT molecular complexity index is 1250. The molecule has 0 bridgehead atoms. The highest BCUT2D eigenvalue weighted by atomic mass is 16.7. The molecular weight excluding hydrogens is 588 g/mol. The highest BCUT2D eigenvalue weighted by Gasteiger charge is 2.46. The zero-order valence-electron chi connectivity index (χ0n) is 23.5. The van der Waals surface area contributed by atoms with Crippen molar-refractivity contribution in [1.29, 1.82) is 0 Å². The summed E-state index contributed by atoms with van der Waals surface area (Å²) in [6.07, 6.45) is -11.6. The first-order valence-corrected chi connectivity index (χ1v) is 13.6. The average Bonchev–Trinajstić information content (AvgIpc) is 3.04. The number of carbonyl (C=O) groups excluding carboxylic acids is 1. The summed E-state index contributed by atoms with van der Waals surface area (Å²) in [6.45, 7) is -1.26. The molecule has 0 radical (unpaired) electrons. The van der Waals surface area contributed by atoms with Crippen LogP contribution in [-0.2, 0) is 25.6 Å². The van der Waals surface area contributed by atoms with Crippen molar-refractivity contribution in [3.8, 4) is 17.2 Å². The molecule has 8 N–H and O–H groups in total. The molecule has 0 saturated carbocycles. The molecule has 0 spiro atoms. The molecule has 2 heterocycles. The van der Waals surface area contributed by atoms with Gasteiger partial charge in [0.1, 0.15) is 61.2 Å². The number of aliphatic hydroxyl groups excluding tert-OH is 8. The fourth-order valence-electron chi connectivity index (χ4n) is 4.51. The second-order valence-electron chi connectivity index (χ2n) is 10.1. The van der Waals surface area contributed by atoms with Crippen molar-refractivity contribution >= 4 is 12.0 Å². The molecule has 2 aromatic carbocycles. The van der Waals surface area contributed by atoms with E-state index < -0.39 is 80.6 Å². The van der Waals surface area contributed by atoms with Crippen molar-refractivity contribution in [2.75, 3.05) is 20.3 Å². The number of esters is 1. The molecule has 4 rings (SSSR count). The normalized spacial score (nSPS) is 32.3. The monoisotopic (exact) mass is 624 g/mol. The molecule has 15 nitrogen and oxygen atoms in total. The lowest BCUT2D eigenvalue weighted by Crippen LogP contribution is -2.60. The molecule has 44 heavy (non-hydrogen) atoms. The Morgan fingerprint density at radius 1 is 0.750 bits per heavy atom. The van der Waals surface area contributed by atoms with Gasteiger partial charge < -0.3 is 69.3 Å². The van der Waals surface area contributed by atoms with Gasteiger partial charge >= 0.3 is 5.97 Å². The Labute approximate surface area is 251 Å². The maximum atomic E-state index is 12.3. The number of aliphatic hydroxyl groups is 8. The van der Waals surface area contributed by atoms with Crippen LogP contribution in [0.25, 0.3) is 6.08 Å². The minimum atomic E-state index is -1.60. The lowest BCUT2D eigenvalue weighted by molar-refractivity contribution is -0.277. The van der Waals surface area contributed by atoms with E-state index in [1.54, 1.807) is 18.2 Å². The van der Waals surface area contributed by atoms with Crippen molar-refractivity contribution in [3.63, 3.8) is 0 Å². The van der Waals surface area contributed by atoms with E-state index in [9.17, 15) is 45.6 Å². The average molecular weight is 625 g/mol. The van der Waals surface area contributed by atoms with E-state index in [-0.39, 0.29) is 23.9 Å². The van der Waals surface area contributed by atoms with E-state index in [2.05, 4.69) is 0 Å². The van der Waals surface area contributed by atoms with Gasteiger partial charge in [0.25, 0.3) is 0 Å². The van der Waals surface area contributed by atoms with Crippen LogP contribution in [0.2, 0.25) is 0 Å². The number of hydrogen-bond acceptors (Lipinski definition) is 15. The van der Waals surface area contributed by atoms with Gasteiger partial charge in [0.15, 0.2) is 11.5 Å². The summed E-state index contributed by atoms with van der Waals surface area (Å²) in [4.78, 5) is 12.3. The Balaban J connectivity index is 1.29. The van der Waals surface area contributed by atoms with E-state index in [0.717, 1.165) is 0 Å². The third kappa shape index (κ3) is 7.83. The summed E-state index contributed by atoms with van der Waals surface area (Å²) in [7, 11) is 1.37. The molecule has 0 aliphatic carbocycles. The van der Waals surface area contributed by atoms with Crippen LogP contribution in [0.15, 0.2) is 48.5 Å².